The van der Waals surface area contributed by atoms with Gasteiger partial charge in [-0.3, -0.25) is 4.79 Å². The third kappa shape index (κ3) is 5.17. The molecule has 1 N–H and O–H groups in total. The van der Waals surface area contributed by atoms with Gasteiger partial charge in [0.1, 0.15) is 6.04 Å². The Morgan fingerprint density at radius 3 is 2.52 bits per heavy atom. The summed E-state index contributed by atoms with van der Waals surface area (Å²) in [5.41, 5.74) is -0.546. The van der Waals surface area contributed by atoms with Gasteiger partial charge in [0, 0.05) is 6.08 Å². The van der Waals surface area contributed by atoms with Gasteiger partial charge in [-0.1, -0.05) is 12.1 Å². The number of benzene rings is 1. The lowest BCUT2D eigenvalue weighted by atomic mass is 10.1. The van der Waals surface area contributed by atoms with Crippen LogP contribution in [0.5, 0.6) is 0 Å². The van der Waals surface area contributed by atoms with E-state index in [9.17, 15) is 23.2 Å². The van der Waals surface area contributed by atoms with Crippen molar-refractivity contribution < 1.29 is 32.6 Å². The van der Waals surface area contributed by atoms with E-state index in [0.717, 1.165) is 31.4 Å². The Kier molecular flexibility index (Phi) is 6.85. The molecule has 0 radical (unpaired) electrons. The van der Waals surface area contributed by atoms with E-state index in [-0.39, 0.29) is 6.42 Å². The summed E-state index contributed by atoms with van der Waals surface area (Å²) in [7, 11) is 2.28. The Balaban J connectivity index is 2.86. The van der Waals surface area contributed by atoms with Crippen molar-refractivity contribution in [1.29, 1.82) is 0 Å². The standard InChI is InChI=1S/C15H15F2NO5/c1-22-12(19)8-4-7-11(15(21)23-2)18-14(20)9-5-3-6-10(16)13(9)17/h3-6,8,11H,7H2,1-2H3,(H,18,20)/b8-4+/t11-/m0/s1. The van der Waals surface area contributed by atoms with Crippen LogP contribution in [0, 0.1) is 11.6 Å². The molecule has 1 rings (SSSR count). The van der Waals surface area contributed by atoms with Gasteiger partial charge in [-0.15, -0.1) is 0 Å². The highest BCUT2D eigenvalue weighted by atomic mass is 19.2. The van der Waals surface area contributed by atoms with Crippen molar-refractivity contribution in [2.75, 3.05) is 14.2 Å². The van der Waals surface area contributed by atoms with Crippen molar-refractivity contribution in [2.24, 2.45) is 0 Å². The van der Waals surface area contributed by atoms with E-state index >= 15 is 0 Å². The summed E-state index contributed by atoms with van der Waals surface area (Å²) in [6, 6.07) is 1.93. The van der Waals surface area contributed by atoms with E-state index in [1.807, 2.05) is 0 Å². The summed E-state index contributed by atoms with van der Waals surface area (Å²) in [4.78, 5) is 34.5. The number of hydrogen-bond acceptors (Lipinski definition) is 5. The number of esters is 2. The molecule has 0 aliphatic carbocycles. The number of ether oxygens (including phenoxy) is 2. The molecule has 8 heteroatoms. The largest absolute Gasteiger partial charge is 0.467 e. The van der Waals surface area contributed by atoms with Crippen molar-refractivity contribution in [3.63, 3.8) is 0 Å². The summed E-state index contributed by atoms with van der Waals surface area (Å²) in [5, 5.41) is 2.22. The molecule has 23 heavy (non-hydrogen) atoms. The lowest BCUT2D eigenvalue weighted by Crippen LogP contribution is -2.41. The molecule has 1 aromatic carbocycles. The van der Waals surface area contributed by atoms with Crippen molar-refractivity contribution in [3.8, 4) is 0 Å². The maximum Gasteiger partial charge on any atom is 0.330 e. The zero-order valence-corrected chi connectivity index (χ0v) is 12.5. The summed E-state index contributed by atoms with van der Waals surface area (Å²) in [6.07, 6.45) is 2.25. The van der Waals surface area contributed by atoms with Gasteiger partial charge >= 0.3 is 11.9 Å². The zero-order valence-electron chi connectivity index (χ0n) is 12.5. The average Bonchev–Trinajstić information content (AvgIpc) is 2.55. The molecule has 0 fully saturated rings. The van der Waals surface area contributed by atoms with Crippen molar-refractivity contribution in [2.45, 2.75) is 12.5 Å². The minimum Gasteiger partial charge on any atom is -0.467 e. The van der Waals surface area contributed by atoms with E-state index < -0.39 is 41.1 Å². The molecular weight excluding hydrogens is 312 g/mol. The number of carbonyl (C=O) groups is 3. The van der Waals surface area contributed by atoms with E-state index in [1.165, 1.54) is 13.2 Å². The second-order valence-electron chi connectivity index (χ2n) is 4.31. The molecule has 124 valence electrons. The SMILES string of the molecule is COC(=O)/C=C/C[C@H](NC(=O)c1cccc(F)c1F)C(=O)OC. The normalized spacial score (nSPS) is 11.8. The number of rotatable bonds is 6. The van der Waals surface area contributed by atoms with Crippen LogP contribution in [0.4, 0.5) is 8.78 Å². The van der Waals surface area contributed by atoms with E-state index in [4.69, 9.17) is 0 Å². The molecule has 0 unspecified atom stereocenters. The van der Waals surface area contributed by atoms with E-state index in [1.54, 1.807) is 0 Å². The first-order valence-electron chi connectivity index (χ1n) is 6.47. The highest BCUT2D eigenvalue weighted by molar-refractivity contribution is 5.97. The molecule has 0 saturated heterocycles. The first-order chi connectivity index (χ1) is 10.9. The molecule has 0 spiro atoms. The molecular formula is C15H15F2NO5. The Bertz CT molecular complexity index is 630. The Hall–Kier alpha value is -2.77. The van der Waals surface area contributed by atoms with Crippen LogP contribution in [-0.4, -0.2) is 38.1 Å². The number of carbonyl (C=O) groups excluding carboxylic acids is 3. The second-order valence-corrected chi connectivity index (χ2v) is 4.31. The van der Waals surface area contributed by atoms with Gasteiger partial charge < -0.3 is 14.8 Å². The summed E-state index contributed by atoms with van der Waals surface area (Å²) in [6.45, 7) is 0. The van der Waals surface area contributed by atoms with Crippen LogP contribution in [0.1, 0.15) is 16.8 Å². The first kappa shape index (κ1) is 18.3. The topological polar surface area (TPSA) is 81.7 Å². The molecule has 0 aliphatic heterocycles. The van der Waals surface area contributed by atoms with Crippen LogP contribution in [0.15, 0.2) is 30.4 Å². The minimum absolute atomic E-state index is 0.0928. The zero-order chi connectivity index (χ0) is 17.4. The maximum atomic E-state index is 13.6. The second kappa shape index (κ2) is 8.62. The molecule has 0 aromatic heterocycles. The number of halogens is 2. The smallest absolute Gasteiger partial charge is 0.330 e. The lowest BCUT2D eigenvalue weighted by molar-refractivity contribution is -0.143. The fraction of sp³-hybridized carbons (Fsp3) is 0.267. The van der Waals surface area contributed by atoms with Crippen LogP contribution in [0.2, 0.25) is 0 Å². The van der Waals surface area contributed by atoms with Crippen LogP contribution in [-0.2, 0) is 19.1 Å². The highest BCUT2D eigenvalue weighted by Gasteiger charge is 2.23. The molecule has 0 aliphatic rings. The van der Waals surface area contributed by atoms with Crippen molar-refractivity contribution >= 4 is 17.8 Å². The fourth-order valence-corrected chi connectivity index (χ4v) is 1.64. The summed E-state index contributed by atoms with van der Waals surface area (Å²) >= 11 is 0. The minimum atomic E-state index is -1.32. The van der Waals surface area contributed by atoms with E-state index in [2.05, 4.69) is 14.8 Å². The molecule has 0 saturated carbocycles. The third-order valence-electron chi connectivity index (χ3n) is 2.81. The number of hydrogen-bond donors (Lipinski definition) is 1. The fourth-order valence-electron chi connectivity index (χ4n) is 1.64. The Morgan fingerprint density at radius 2 is 1.91 bits per heavy atom. The maximum absolute atomic E-state index is 13.6. The first-order valence-corrected chi connectivity index (χ1v) is 6.47. The predicted octanol–water partition coefficient (Wildman–Crippen LogP) is 1.36. The third-order valence-corrected chi connectivity index (χ3v) is 2.81. The van der Waals surface area contributed by atoms with Gasteiger partial charge in [0.2, 0.25) is 0 Å². The van der Waals surface area contributed by atoms with Crippen molar-refractivity contribution in [1.82, 2.24) is 5.32 Å². The van der Waals surface area contributed by atoms with Gasteiger partial charge in [0.15, 0.2) is 11.6 Å². The summed E-state index contributed by atoms with van der Waals surface area (Å²) in [5.74, 6) is -4.93. The van der Waals surface area contributed by atoms with Gasteiger partial charge in [0.05, 0.1) is 19.8 Å². The van der Waals surface area contributed by atoms with Gasteiger partial charge in [-0.2, -0.15) is 0 Å². The molecule has 1 atom stereocenters. The predicted molar refractivity (Wildman–Crippen MR) is 75.4 cm³/mol. The van der Waals surface area contributed by atoms with Gasteiger partial charge in [-0.05, 0) is 18.6 Å². The Morgan fingerprint density at radius 1 is 1.22 bits per heavy atom. The average molecular weight is 327 g/mol. The van der Waals surface area contributed by atoms with Gasteiger partial charge in [-0.25, -0.2) is 18.4 Å². The molecule has 0 heterocycles. The molecule has 6 nitrogen and oxygen atoms in total. The molecule has 1 aromatic rings. The van der Waals surface area contributed by atoms with Crippen LogP contribution in [0.25, 0.3) is 0 Å². The molecule has 1 amide bonds. The lowest BCUT2D eigenvalue weighted by Gasteiger charge is -2.15. The van der Waals surface area contributed by atoms with Crippen LogP contribution < -0.4 is 5.32 Å². The quantitative estimate of drug-likeness (QED) is 0.630. The monoisotopic (exact) mass is 327 g/mol. The Labute approximate surface area is 131 Å². The number of nitrogens with one attached hydrogen (secondary N) is 1. The van der Waals surface area contributed by atoms with Crippen LogP contribution >= 0.6 is 0 Å². The van der Waals surface area contributed by atoms with Crippen LogP contribution in [0.3, 0.4) is 0 Å². The highest BCUT2D eigenvalue weighted by Crippen LogP contribution is 2.12. The van der Waals surface area contributed by atoms with E-state index in [0.29, 0.717) is 0 Å². The summed E-state index contributed by atoms with van der Waals surface area (Å²) < 4.78 is 35.6. The molecule has 0 bridgehead atoms. The van der Waals surface area contributed by atoms with Gasteiger partial charge in [0.25, 0.3) is 5.91 Å². The number of amides is 1. The van der Waals surface area contributed by atoms with Crippen molar-refractivity contribution in [3.05, 3.63) is 47.5 Å². The number of methoxy groups -OCH3 is 2.